The molecule has 3 fully saturated rings. The van der Waals surface area contributed by atoms with Crippen molar-refractivity contribution in [2.24, 2.45) is 0 Å². The molecule has 174 valence electrons. The summed E-state index contributed by atoms with van der Waals surface area (Å²) in [6, 6.07) is 0. The van der Waals surface area contributed by atoms with Gasteiger partial charge in [0.05, 0.1) is 49.7 Å². The van der Waals surface area contributed by atoms with E-state index in [0.717, 1.165) is 0 Å². The van der Waals surface area contributed by atoms with Crippen molar-refractivity contribution in [1.82, 2.24) is 0 Å². The molecule has 3 aliphatic heterocycles. The van der Waals surface area contributed by atoms with E-state index in [1.54, 1.807) is 13.8 Å². The van der Waals surface area contributed by atoms with Gasteiger partial charge in [0.15, 0.2) is 0 Å². The molecular weight excluding hydrogens is 404 g/mol. The largest absolute Gasteiger partial charge is 0.466 e. The minimum atomic E-state index is -2.59. The minimum Gasteiger partial charge on any atom is -0.466 e. The molecule has 0 aromatic rings. The van der Waals surface area contributed by atoms with E-state index >= 15 is 0 Å². The summed E-state index contributed by atoms with van der Waals surface area (Å²) in [5.41, 5.74) is -1.16. The number of aliphatic hydroxyl groups is 1. The van der Waals surface area contributed by atoms with Gasteiger partial charge in [-0.1, -0.05) is 41.5 Å². The molecule has 3 heterocycles. The smallest absolute Gasteiger partial charge is 0.349 e. The van der Waals surface area contributed by atoms with E-state index in [1.807, 2.05) is 0 Å². The fraction of sp³-hybridized carbons (Fsp3) is 0.955. The molecule has 6 atom stereocenters. The highest BCUT2D eigenvalue weighted by atomic mass is 28.4. The third-order valence-electron chi connectivity index (χ3n) is 6.69. The molecule has 0 saturated carbocycles. The van der Waals surface area contributed by atoms with Crippen LogP contribution in [0.5, 0.6) is 0 Å². The van der Waals surface area contributed by atoms with Crippen LogP contribution in [0.15, 0.2) is 0 Å². The van der Waals surface area contributed by atoms with Crippen LogP contribution in [0.1, 0.15) is 74.7 Å². The van der Waals surface area contributed by atoms with E-state index in [9.17, 15) is 9.90 Å². The molecule has 3 rings (SSSR count). The first-order valence-electron chi connectivity index (χ1n) is 11.2. The number of carbonyl (C=O) groups is 1. The second-order valence-corrected chi connectivity index (χ2v) is 16.0. The molecule has 0 spiro atoms. The Morgan fingerprint density at radius 3 is 2.27 bits per heavy atom. The van der Waals surface area contributed by atoms with Crippen LogP contribution in [-0.2, 0) is 27.9 Å². The van der Waals surface area contributed by atoms with E-state index in [-0.39, 0.29) is 46.9 Å². The summed E-state index contributed by atoms with van der Waals surface area (Å²) in [6.45, 7) is 17.5. The number of fused-ring (bicyclic) bond motifs is 2. The van der Waals surface area contributed by atoms with Crippen molar-refractivity contribution in [2.45, 2.75) is 121 Å². The van der Waals surface area contributed by atoms with Crippen molar-refractivity contribution in [3.05, 3.63) is 0 Å². The lowest BCUT2D eigenvalue weighted by atomic mass is 9.82. The minimum absolute atomic E-state index is 0.0325. The standard InChI is InChI=1S/C22H40O7Si/c1-9-25-19(23)11-18-22(8,24)12-16-14(28-18)10-15-17(27-16)13-26-30(29-15,20(2,3)4)21(5,6)7/h14-18,24H,9-13H2,1-8H3/t14-,15+,16+,17-,18+,22-/m1/s1. The molecule has 8 heteroatoms. The van der Waals surface area contributed by atoms with Gasteiger partial charge >= 0.3 is 14.5 Å². The molecule has 0 unspecified atom stereocenters. The lowest BCUT2D eigenvalue weighted by Crippen LogP contribution is -2.69. The van der Waals surface area contributed by atoms with E-state index < -0.39 is 20.3 Å². The molecule has 3 aliphatic rings. The Balaban J connectivity index is 1.77. The van der Waals surface area contributed by atoms with Gasteiger partial charge in [-0.2, -0.15) is 0 Å². The number of hydrogen-bond donors (Lipinski definition) is 1. The molecule has 0 radical (unpaired) electrons. The molecule has 1 N–H and O–H groups in total. The Morgan fingerprint density at radius 1 is 1.07 bits per heavy atom. The summed E-state index contributed by atoms with van der Waals surface area (Å²) in [5, 5.41) is 10.7. The van der Waals surface area contributed by atoms with Crippen LogP contribution in [0.3, 0.4) is 0 Å². The van der Waals surface area contributed by atoms with Gasteiger partial charge in [0.25, 0.3) is 0 Å². The van der Waals surface area contributed by atoms with Crippen molar-refractivity contribution >= 4 is 14.5 Å². The highest BCUT2D eigenvalue weighted by Gasteiger charge is 2.63. The van der Waals surface area contributed by atoms with Crippen molar-refractivity contribution in [1.29, 1.82) is 0 Å². The molecule has 0 bridgehead atoms. The zero-order valence-electron chi connectivity index (χ0n) is 19.8. The fourth-order valence-corrected chi connectivity index (χ4v) is 10.4. The Bertz CT molecular complexity index is 622. The van der Waals surface area contributed by atoms with Crippen LogP contribution in [0.25, 0.3) is 0 Å². The number of carbonyl (C=O) groups excluding carboxylic acids is 1. The van der Waals surface area contributed by atoms with Crippen LogP contribution >= 0.6 is 0 Å². The molecule has 0 aromatic heterocycles. The first-order valence-corrected chi connectivity index (χ1v) is 13.0. The van der Waals surface area contributed by atoms with E-state index in [4.69, 9.17) is 23.1 Å². The molecular formula is C22H40O7Si. The summed E-state index contributed by atoms with van der Waals surface area (Å²) in [5.74, 6) is -0.356. The van der Waals surface area contributed by atoms with Gasteiger partial charge in [-0.25, -0.2) is 0 Å². The maximum Gasteiger partial charge on any atom is 0.349 e. The molecule has 0 aromatic carbocycles. The predicted octanol–water partition coefficient (Wildman–Crippen LogP) is 3.46. The van der Waals surface area contributed by atoms with Gasteiger partial charge in [-0.15, -0.1) is 0 Å². The number of ether oxygens (including phenoxy) is 3. The first kappa shape index (κ1) is 24.1. The fourth-order valence-electron chi connectivity index (χ4n) is 5.42. The van der Waals surface area contributed by atoms with E-state index in [2.05, 4.69) is 41.5 Å². The predicted molar refractivity (Wildman–Crippen MR) is 114 cm³/mol. The third-order valence-corrected chi connectivity index (χ3v) is 11.8. The monoisotopic (exact) mass is 444 g/mol. The van der Waals surface area contributed by atoms with Crippen molar-refractivity contribution in [2.75, 3.05) is 13.2 Å². The summed E-state index contributed by atoms with van der Waals surface area (Å²) in [6.07, 6.45) is -0.258. The zero-order chi connectivity index (χ0) is 22.5. The Kier molecular flexibility index (Phi) is 6.53. The Hall–Kier alpha value is -0.513. The molecule has 3 saturated heterocycles. The van der Waals surface area contributed by atoms with Crippen molar-refractivity contribution in [3.63, 3.8) is 0 Å². The summed E-state index contributed by atoms with van der Waals surface area (Å²) < 4.78 is 31.0. The van der Waals surface area contributed by atoms with Crippen LogP contribution in [0, 0.1) is 0 Å². The topological polar surface area (TPSA) is 83.5 Å². The lowest BCUT2D eigenvalue weighted by Gasteiger charge is -2.58. The molecule has 7 nitrogen and oxygen atoms in total. The maximum absolute atomic E-state index is 12.0. The average Bonchev–Trinajstić information content (AvgIpc) is 2.58. The third kappa shape index (κ3) is 4.36. The quantitative estimate of drug-likeness (QED) is 0.527. The van der Waals surface area contributed by atoms with E-state index in [1.165, 1.54) is 0 Å². The average molecular weight is 445 g/mol. The summed E-state index contributed by atoms with van der Waals surface area (Å²) in [7, 11) is -2.59. The van der Waals surface area contributed by atoms with Crippen molar-refractivity contribution in [3.8, 4) is 0 Å². The summed E-state index contributed by atoms with van der Waals surface area (Å²) >= 11 is 0. The van der Waals surface area contributed by atoms with Gasteiger partial charge in [0, 0.05) is 22.9 Å². The molecule has 0 amide bonds. The highest BCUT2D eigenvalue weighted by molar-refractivity contribution is 6.73. The van der Waals surface area contributed by atoms with Gasteiger partial charge in [0.1, 0.15) is 6.10 Å². The maximum atomic E-state index is 12.0. The van der Waals surface area contributed by atoms with Gasteiger partial charge < -0.3 is 28.2 Å². The summed E-state index contributed by atoms with van der Waals surface area (Å²) in [4.78, 5) is 12.0. The number of hydrogen-bond acceptors (Lipinski definition) is 7. The molecule has 0 aliphatic carbocycles. The van der Waals surface area contributed by atoms with Crippen LogP contribution in [0.2, 0.25) is 10.1 Å². The van der Waals surface area contributed by atoms with Gasteiger partial charge in [0.2, 0.25) is 0 Å². The highest BCUT2D eigenvalue weighted by Crippen LogP contribution is 2.55. The second-order valence-electron chi connectivity index (χ2n) is 11.3. The number of esters is 1. The van der Waals surface area contributed by atoms with Gasteiger partial charge in [-0.05, 0) is 13.8 Å². The molecule has 30 heavy (non-hydrogen) atoms. The van der Waals surface area contributed by atoms with E-state index in [0.29, 0.717) is 26.1 Å². The Labute approximate surface area is 182 Å². The van der Waals surface area contributed by atoms with Gasteiger partial charge in [-0.3, -0.25) is 4.79 Å². The first-order chi connectivity index (χ1) is 13.7. The van der Waals surface area contributed by atoms with Crippen molar-refractivity contribution < 1.29 is 33.0 Å². The lowest BCUT2D eigenvalue weighted by molar-refractivity contribution is -0.277. The van der Waals surface area contributed by atoms with Crippen LogP contribution in [-0.4, -0.2) is 69.0 Å². The zero-order valence-corrected chi connectivity index (χ0v) is 20.8. The number of rotatable bonds is 3. The Morgan fingerprint density at radius 2 is 1.70 bits per heavy atom. The SMILES string of the molecule is CCOC(=O)C[C@@H]1O[C@@H]2C[C@@H]3O[Si](C(C)(C)C)(C(C)(C)C)OC[C@H]3O[C@H]2C[C@@]1(C)O. The normalized spacial score (nSPS) is 39.0. The second kappa shape index (κ2) is 8.12. The van der Waals surface area contributed by atoms with Crippen LogP contribution in [0.4, 0.5) is 0 Å². The van der Waals surface area contributed by atoms with Crippen LogP contribution < -0.4 is 0 Å².